The molecule has 0 saturated heterocycles. The quantitative estimate of drug-likeness (QED) is 0.201. The Bertz CT molecular complexity index is 1650. The van der Waals surface area contributed by atoms with E-state index in [1.807, 2.05) is 18.2 Å². The number of thiophene rings is 1. The number of benzene rings is 1. The first-order valence-corrected chi connectivity index (χ1v) is 14.8. The van der Waals surface area contributed by atoms with E-state index in [1.165, 1.54) is 39.9 Å². The number of rotatable bonds is 7. The topological polar surface area (TPSA) is 107 Å². The molecule has 0 spiro atoms. The van der Waals surface area contributed by atoms with Crippen LogP contribution in [0.1, 0.15) is 39.7 Å². The van der Waals surface area contributed by atoms with Crippen LogP contribution in [0.2, 0.25) is 0 Å². The normalized spacial score (nSPS) is 16.4. The Labute approximate surface area is 215 Å². The van der Waals surface area contributed by atoms with Crippen molar-refractivity contribution in [2.75, 3.05) is 12.3 Å². The Morgan fingerprint density at radius 2 is 2.00 bits per heavy atom. The number of imidazole rings is 1. The molecule has 0 bridgehead atoms. The lowest BCUT2D eigenvalue weighted by Crippen LogP contribution is -2.36. The number of hydrogen-bond donors (Lipinski definition) is 0. The first kappa shape index (κ1) is 23.6. The number of aromatic nitrogens is 4. The van der Waals surface area contributed by atoms with Gasteiger partial charge in [0.25, 0.3) is 15.6 Å². The van der Waals surface area contributed by atoms with E-state index in [2.05, 4.69) is 4.98 Å². The molecule has 1 aliphatic carbocycles. The van der Waals surface area contributed by atoms with Crippen LogP contribution in [-0.4, -0.2) is 49.9 Å². The van der Waals surface area contributed by atoms with Gasteiger partial charge in [-0.3, -0.25) is 14.2 Å². The van der Waals surface area contributed by atoms with Crippen LogP contribution in [0.3, 0.4) is 0 Å². The molecule has 2 aliphatic rings. The second-order valence-corrected chi connectivity index (χ2v) is 12.9. The van der Waals surface area contributed by atoms with Gasteiger partial charge in [-0.15, -0.1) is 11.3 Å². The smallest absolute Gasteiger partial charge is 0.263 e. The molecule has 4 aromatic rings. The number of sulfonamides is 1. The predicted molar refractivity (Wildman–Crippen MR) is 138 cm³/mol. The predicted octanol–water partition coefficient (Wildman–Crippen LogP) is 3.25. The lowest BCUT2D eigenvalue weighted by Gasteiger charge is -2.25. The Morgan fingerprint density at radius 3 is 2.69 bits per heavy atom. The van der Waals surface area contributed by atoms with Crippen LogP contribution in [0, 0.1) is 0 Å². The van der Waals surface area contributed by atoms with Gasteiger partial charge in [0.05, 0.1) is 17.5 Å². The van der Waals surface area contributed by atoms with Gasteiger partial charge in [0.1, 0.15) is 4.83 Å². The van der Waals surface area contributed by atoms with Crippen molar-refractivity contribution in [3.8, 4) is 0 Å². The Balaban J connectivity index is 1.34. The van der Waals surface area contributed by atoms with E-state index in [4.69, 9.17) is 4.98 Å². The molecular weight excluding hydrogens is 518 g/mol. The highest BCUT2D eigenvalue weighted by Crippen LogP contribution is 2.40. The summed E-state index contributed by atoms with van der Waals surface area (Å²) in [5, 5.41) is 1.16. The van der Waals surface area contributed by atoms with Crippen molar-refractivity contribution in [3.63, 3.8) is 0 Å². The zero-order chi connectivity index (χ0) is 25.0. The molecular formula is C24H23N5O4S3. The molecule has 1 aromatic carbocycles. The molecule has 9 nitrogen and oxygen atoms in total. The van der Waals surface area contributed by atoms with Crippen LogP contribution in [0.15, 0.2) is 57.8 Å². The number of carbonyl (C=O) groups excluding carboxylic acids is 1. The first-order valence-electron chi connectivity index (χ1n) is 11.6. The van der Waals surface area contributed by atoms with Gasteiger partial charge in [-0.2, -0.15) is 4.31 Å². The summed E-state index contributed by atoms with van der Waals surface area (Å²) >= 11 is 2.66. The number of thioether (sulfide) groups is 1. The first-order chi connectivity index (χ1) is 17.3. The molecule has 0 amide bonds. The van der Waals surface area contributed by atoms with E-state index in [1.54, 1.807) is 28.3 Å². The average Bonchev–Trinajstić information content (AvgIpc) is 3.49. The molecule has 36 heavy (non-hydrogen) atoms. The Kier molecular flexibility index (Phi) is 5.86. The molecule has 1 aliphatic heterocycles. The maximum Gasteiger partial charge on any atom is 0.263 e. The van der Waals surface area contributed by atoms with Crippen molar-refractivity contribution in [3.05, 3.63) is 69.2 Å². The van der Waals surface area contributed by atoms with Crippen molar-refractivity contribution < 1.29 is 13.2 Å². The highest BCUT2D eigenvalue weighted by Gasteiger charge is 2.35. The minimum atomic E-state index is -3.73. The fraction of sp³-hybridized carbons (Fsp3) is 0.333. The fourth-order valence-corrected chi connectivity index (χ4v) is 8.16. The van der Waals surface area contributed by atoms with Crippen LogP contribution in [0.5, 0.6) is 0 Å². The number of ketones is 1. The summed E-state index contributed by atoms with van der Waals surface area (Å²) in [4.78, 5) is 36.6. The molecule has 0 atom stereocenters. The molecule has 12 heteroatoms. The van der Waals surface area contributed by atoms with E-state index in [-0.39, 0.29) is 41.3 Å². The van der Waals surface area contributed by atoms with Crippen molar-refractivity contribution in [1.29, 1.82) is 0 Å². The molecule has 0 unspecified atom stereocenters. The molecule has 3 aromatic heterocycles. The summed E-state index contributed by atoms with van der Waals surface area (Å²) in [6.45, 7) is 0.468. The van der Waals surface area contributed by atoms with Gasteiger partial charge in [-0.25, -0.2) is 18.4 Å². The Hall–Kier alpha value is -2.80. The fourth-order valence-electron chi connectivity index (χ4n) is 4.47. The standard InChI is InChI=1S/C24H23N5O4S3/c1-27-12-20(25-14-27)36(32,33)28-10-9-17-19(11-28)35-22-21(17)23(31)29(16-7-8-16)24(26-22)34-13-18(30)15-5-3-2-4-6-15/h2-6,12,14,16H,7-11,13H2,1H3. The zero-order valence-electron chi connectivity index (χ0n) is 19.5. The van der Waals surface area contributed by atoms with E-state index < -0.39 is 10.0 Å². The lowest BCUT2D eigenvalue weighted by atomic mass is 10.1. The van der Waals surface area contributed by atoms with Gasteiger partial charge in [0, 0.05) is 42.8 Å². The van der Waals surface area contributed by atoms with Crippen molar-refractivity contribution in [2.24, 2.45) is 7.05 Å². The summed E-state index contributed by atoms with van der Waals surface area (Å²) in [7, 11) is -2.00. The van der Waals surface area contributed by atoms with E-state index in [0.29, 0.717) is 27.4 Å². The highest BCUT2D eigenvalue weighted by atomic mass is 32.2. The maximum atomic E-state index is 13.7. The largest absolute Gasteiger partial charge is 0.339 e. The molecule has 1 fully saturated rings. The summed E-state index contributed by atoms with van der Waals surface area (Å²) in [5.41, 5.74) is 1.44. The van der Waals surface area contributed by atoms with Gasteiger partial charge in [0.2, 0.25) is 0 Å². The molecule has 1 saturated carbocycles. The van der Waals surface area contributed by atoms with Crippen LogP contribution in [0.4, 0.5) is 0 Å². The third-order valence-electron chi connectivity index (χ3n) is 6.46. The number of carbonyl (C=O) groups is 1. The van der Waals surface area contributed by atoms with Crippen molar-refractivity contribution in [1.82, 2.24) is 23.4 Å². The van der Waals surface area contributed by atoms with E-state index in [9.17, 15) is 18.0 Å². The number of hydrogen-bond acceptors (Lipinski definition) is 8. The van der Waals surface area contributed by atoms with E-state index in [0.717, 1.165) is 23.3 Å². The monoisotopic (exact) mass is 541 g/mol. The number of Topliss-reactive ketones (excluding diaryl/α,β-unsaturated/α-hetero) is 1. The second kappa shape index (κ2) is 8.94. The van der Waals surface area contributed by atoms with E-state index >= 15 is 0 Å². The molecule has 4 heterocycles. The summed E-state index contributed by atoms with van der Waals surface area (Å²) < 4.78 is 31.0. The van der Waals surface area contributed by atoms with Crippen LogP contribution >= 0.6 is 23.1 Å². The summed E-state index contributed by atoms with van der Waals surface area (Å²) in [5.74, 6) is 0.175. The zero-order valence-corrected chi connectivity index (χ0v) is 21.9. The summed E-state index contributed by atoms with van der Waals surface area (Å²) in [6, 6.07) is 9.19. The second-order valence-electron chi connectivity index (χ2n) is 9.03. The number of aryl methyl sites for hydroxylation is 1. The van der Waals surface area contributed by atoms with Crippen molar-refractivity contribution in [2.45, 2.75) is 42.0 Å². The van der Waals surface area contributed by atoms with Gasteiger partial charge in [0.15, 0.2) is 16.0 Å². The average molecular weight is 542 g/mol. The molecule has 0 radical (unpaired) electrons. The minimum absolute atomic E-state index is 0.0156. The number of fused-ring (bicyclic) bond motifs is 3. The third-order valence-corrected chi connectivity index (χ3v) is 10.3. The van der Waals surface area contributed by atoms with Gasteiger partial charge >= 0.3 is 0 Å². The van der Waals surface area contributed by atoms with Gasteiger partial charge < -0.3 is 4.57 Å². The highest BCUT2D eigenvalue weighted by molar-refractivity contribution is 7.99. The van der Waals surface area contributed by atoms with Gasteiger partial charge in [-0.1, -0.05) is 42.1 Å². The van der Waals surface area contributed by atoms with Crippen LogP contribution in [-0.2, 0) is 30.0 Å². The maximum absolute atomic E-state index is 13.7. The number of nitrogens with zero attached hydrogens (tertiary/aromatic N) is 5. The molecule has 186 valence electrons. The van der Waals surface area contributed by atoms with Gasteiger partial charge in [-0.05, 0) is 24.8 Å². The third kappa shape index (κ3) is 4.11. The lowest BCUT2D eigenvalue weighted by molar-refractivity contribution is 0.102. The molecule has 0 N–H and O–H groups in total. The molecule has 6 rings (SSSR count). The summed E-state index contributed by atoms with van der Waals surface area (Å²) in [6.07, 6.45) is 5.23. The van der Waals surface area contributed by atoms with Crippen LogP contribution in [0.25, 0.3) is 10.2 Å². The minimum Gasteiger partial charge on any atom is -0.339 e. The Morgan fingerprint density at radius 1 is 1.22 bits per heavy atom. The van der Waals surface area contributed by atoms with Crippen molar-refractivity contribution >= 4 is 49.1 Å². The van der Waals surface area contributed by atoms with Crippen LogP contribution < -0.4 is 5.56 Å². The SMILES string of the molecule is Cn1cnc(S(=O)(=O)N2CCc3c(sc4nc(SCC(=O)c5ccccc5)n(C5CC5)c(=O)c34)C2)c1.